The van der Waals surface area contributed by atoms with E-state index in [1.165, 1.54) is 39.3 Å². The number of amides is 1. The normalized spacial score (nSPS) is 24.0. The Bertz CT molecular complexity index is 2770. The number of alkyl halides is 9. The molecule has 88 heavy (non-hydrogen) atoms. The first kappa shape index (κ1) is 70.8. The smallest absolute Gasteiger partial charge is 0.484 e. The van der Waals surface area contributed by atoms with Crippen LogP contribution >= 0.6 is 0 Å². The van der Waals surface area contributed by atoms with E-state index >= 15 is 0 Å². The van der Waals surface area contributed by atoms with Crippen molar-refractivity contribution >= 4 is 37.9 Å². The van der Waals surface area contributed by atoms with Gasteiger partial charge >= 0.3 is 30.5 Å². The van der Waals surface area contributed by atoms with Crippen LogP contribution in [0.3, 0.4) is 0 Å². The number of nitrogens with zero attached hydrogens (tertiary/aromatic N) is 4. The van der Waals surface area contributed by atoms with Gasteiger partial charge < -0.3 is 39.0 Å². The van der Waals surface area contributed by atoms with Crippen LogP contribution in [0.1, 0.15) is 139 Å². The fraction of sp³-hybridized carbons (Fsp3) is 0.732. The summed E-state index contributed by atoms with van der Waals surface area (Å²) in [4.78, 5) is 49.1. The van der Waals surface area contributed by atoms with Gasteiger partial charge in [-0.3, -0.25) is 14.4 Å². The summed E-state index contributed by atoms with van der Waals surface area (Å²) in [6.45, 7) is 1.63. The third-order valence-corrected chi connectivity index (χ3v) is 22.4. The lowest BCUT2D eigenvalue weighted by atomic mass is 9.90. The number of nitrogens with two attached hydrogens (primary N) is 1. The van der Waals surface area contributed by atoms with Gasteiger partial charge in [0.15, 0.2) is 35.3 Å². The topological polar surface area (TPSA) is 266 Å². The molecule has 5 N–H and O–H groups in total. The zero-order valence-corrected chi connectivity index (χ0v) is 50.2. The number of rotatable bonds is 17. The molecule has 0 radical (unpaired) electrons. The fourth-order valence-corrected chi connectivity index (χ4v) is 16.0. The molecule has 498 valence electrons. The van der Waals surface area contributed by atoms with Crippen LogP contribution in [0.4, 0.5) is 39.5 Å². The number of carboxylic acid groups (broad SMARTS) is 2. The first-order valence-corrected chi connectivity index (χ1v) is 32.5. The largest absolute Gasteiger partial charge is 0.490 e. The van der Waals surface area contributed by atoms with Gasteiger partial charge in [0.05, 0.1) is 0 Å². The number of hydroxylamine groups is 1. The predicted octanol–water partition coefficient (Wildman–Crippen LogP) is 7.96. The molecule has 0 spiro atoms. The number of sulfonamides is 2. The van der Waals surface area contributed by atoms with E-state index in [0.29, 0.717) is 77.0 Å². The van der Waals surface area contributed by atoms with Crippen molar-refractivity contribution < 1.29 is 110 Å². The number of carbonyl (C=O) groups is 3. The van der Waals surface area contributed by atoms with Crippen molar-refractivity contribution in [3.63, 3.8) is 0 Å². The number of ether oxygens (including phenoxy) is 4. The SMILES string of the molecule is NOC1CCCCO1.O=C(NOC1CCCCO1)C1(S(=O)(=O)N2CCC(c3ccc(OCC(F)(F)F)cc3)CC2)CCN(C2CC2)CC1.O=C(O)C(F)(F)F.O=C(O)C1(S(=O)(=O)N2CCC(c3ccc(OCC(F)(F)F)cc3)CC2)CCN(C2CC2)CC1. The molecule has 6 heterocycles. The van der Waals surface area contributed by atoms with Gasteiger partial charge in [-0.1, -0.05) is 24.3 Å². The van der Waals surface area contributed by atoms with Crippen molar-refractivity contribution in [3.05, 3.63) is 59.7 Å². The van der Waals surface area contributed by atoms with Crippen LogP contribution < -0.4 is 20.9 Å². The summed E-state index contributed by atoms with van der Waals surface area (Å²) in [5.41, 5.74) is 4.28. The minimum atomic E-state index is -5.08. The highest BCUT2D eigenvalue weighted by atomic mass is 32.2. The zero-order chi connectivity index (χ0) is 64.1. The first-order chi connectivity index (χ1) is 41.5. The van der Waals surface area contributed by atoms with Crippen molar-refractivity contribution in [2.75, 3.05) is 78.8 Å². The second-order valence-corrected chi connectivity index (χ2v) is 27.7. The van der Waals surface area contributed by atoms with E-state index in [0.717, 1.165) is 69.1 Å². The van der Waals surface area contributed by atoms with Crippen LogP contribution in [0, 0.1) is 0 Å². The maximum absolute atomic E-state index is 14.1. The molecule has 32 heteroatoms. The molecule has 8 fully saturated rings. The molecule has 2 aromatic carbocycles. The molecule has 8 aliphatic rings. The van der Waals surface area contributed by atoms with E-state index in [1.807, 2.05) is 0 Å². The molecule has 1 amide bonds. The second-order valence-electron chi connectivity index (χ2n) is 23.2. The zero-order valence-electron chi connectivity index (χ0n) is 48.6. The molecule has 0 bridgehead atoms. The molecule has 0 aromatic heterocycles. The number of carboxylic acids is 2. The van der Waals surface area contributed by atoms with E-state index < -0.39 is 85.4 Å². The third kappa shape index (κ3) is 19.4. The molecule has 2 aromatic rings. The van der Waals surface area contributed by atoms with Gasteiger partial charge in [-0.15, -0.1) is 0 Å². The standard InChI is InChI=1S/C27H38F3N3O6S.C22H29F3N2O5S.C5H11NO2.C2HF3O2/c28-27(29,30)19-38-23-8-4-20(5-9-23)21-10-14-33(15-11-21)40(35,36)26(12-16-32(17-13-26)22-6-7-22)25(34)31-39-24-3-1-2-18-37-24;23-22(24,25)15-32-19-5-1-16(2-6-19)17-7-11-27(12-8-17)33(30,31)21(20(28)29)9-13-26(14-10-21)18-3-4-18;6-8-5-3-1-2-4-7-5;3-2(4,5)1(6)7/h4-5,8-9,21-22,24H,1-3,6-7,10-19H2,(H,31,34);1-2,5-6,17-18H,3-4,7-15H2,(H,28,29);5H,1-4,6H2;(H,6,7). The van der Waals surface area contributed by atoms with Crippen LogP contribution in [0.25, 0.3) is 0 Å². The van der Waals surface area contributed by atoms with Crippen LogP contribution in [-0.2, 0) is 53.6 Å². The molecular weight excluding hydrogens is 1230 g/mol. The summed E-state index contributed by atoms with van der Waals surface area (Å²) in [5, 5.41) is 17.1. The van der Waals surface area contributed by atoms with E-state index in [4.69, 9.17) is 39.6 Å². The average Bonchev–Trinajstić information content (AvgIpc) is 1.05. The maximum Gasteiger partial charge on any atom is 0.490 e. The Morgan fingerprint density at radius 1 is 0.545 bits per heavy atom. The Kier molecular flexibility index (Phi) is 24.7. The van der Waals surface area contributed by atoms with Gasteiger partial charge in [0.25, 0.3) is 5.91 Å². The van der Waals surface area contributed by atoms with Gasteiger partial charge in [-0.25, -0.2) is 46.5 Å². The minimum Gasteiger partial charge on any atom is -0.484 e. The predicted molar refractivity (Wildman–Crippen MR) is 297 cm³/mol. The highest BCUT2D eigenvalue weighted by molar-refractivity contribution is 7.91. The lowest BCUT2D eigenvalue weighted by molar-refractivity contribution is -0.202. The van der Waals surface area contributed by atoms with E-state index in [1.54, 1.807) is 24.3 Å². The lowest BCUT2D eigenvalue weighted by Crippen LogP contribution is -2.62. The Hall–Kier alpha value is -4.64. The van der Waals surface area contributed by atoms with Crippen LogP contribution in [0.15, 0.2) is 48.5 Å². The van der Waals surface area contributed by atoms with Crippen molar-refractivity contribution in [2.45, 2.75) is 180 Å². The summed E-state index contributed by atoms with van der Waals surface area (Å²) in [5.74, 6) is 0.575. The van der Waals surface area contributed by atoms with Crippen LogP contribution in [0.5, 0.6) is 11.5 Å². The fourth-order valence-electron chi connectivity index (χ4n) is 11.8. The molecule has 2 atom stereocenters. The molecule has 10 rings (SSSR count). The Balaban J connectivity index is 0.000000205. The Labute approximate surface area is 505 Å². The van der Waals surface area contributed by atoms with Gasteiger partial charge in [0.1, 0.15) is 11.5 Å². The van der Waals surface area contributed by atoms with Gasteiger partial charge in [-0.05, 0) is 150 Å². The Morgan fingerprint density at radius 3 is 1.22 bits per heavy atom. The lowest BCUT2D eigenvalue weighted by Gasteiger charge is -2.43. The van der Waals surface area contributed by atoms with Gasteiger partial charge in [-0.2, -0.15) is 39.5 Å². The van der Waals surface area contributed by atoms with E-state index in [9.17, 15) is 71.0 Å². The van der Waals surface area contributed by atoms with E-state index in [2.05, 4.69) is 20.1 Å². The summed E-state index contributed by atoms with van der Waals surface area (Å²) in [6, 6.07) is 13.8. The molecule has 2 saturated carbocycles. The highest BCUT2D eigenvalue weighted by Crippen LogP contribution is 2.43. The van der Waals surface area contributed by atoms with Crippen molar-refractivity contribution in [1.82, 2.24) is 23.9 Å². The molecule has 2 unspecified atom stereocenters. The van der Waals surface area contributed by atoms with Crippen molar-refractivity contribution in [3.8, 4) is 11.5 Å². The number of aliphatic carboxylic acids is 2. The summed E-state index contributed by atoms with van der Waals surface area (Å²) >= 11 is 0. The van der Waals surface area contributed by atoms with Crippen LogP contribution in [-0.4, -0.2) is 195 Å². The highest BCUT2D eigenvalue weighted by Gasteiger charge is 2.58. The summed E-state index contributed by atoms with van der Waals surface area (Å²) < 4.78 is 181. The molecule has 6 aliphatic heterocycles. The van der Waals surface area contributed by atoms with Gasteiger partial charge in [0.2, 0.25) is 20.0 Å². The number of likely N-dealkylation sites (tertiary alicyclic amines) is 2. The number of halogens is 9. The van der Waals surface area contributed by atoms with Crippen LogP contribution in [0.2, 0.25) is 0 Å². The van der Waals surface area contributed by atoms with Crippen molar-refractivity contribution in [2.24, 2.45) is 5.90 Å². The molecular formula is C56H79F9N6O15S2. The monoisotopic (exact) mass is 1310 g/mol. The number of carbonyl (C=O) groups excluding carboxylic acids is 1. The van der Waals surface area contributed by atoms with Gasteiger partial charge in [0, 0.05) is 90.5 Å². The molecule has 2 aliphatic carbocycles. The number of hydrogen-bond acceptors (Lipinski definition) is 16. The maximum atomic E-state index is 14.1. The number of hydrogen-bond donors (Lipinski definition) is 4. The third-order valence-electron chi connectivity index (χ3n) is 17.2. The molecule has 21 nitrogen and oxygen atoms in total. The Morgan fingerprint density at radius 2 is 0.909 bits per heavy atom. The van der Waals surface area contributed by atoms with Crippen molar-refractivity contribution in [1.29, 1.82) is 0 Å². The quantitative estimate of drug-likeness (QED) is 0.0864. The van der Waals surface area contributed by atoms with E-state index in [-0.39, 0.29) is 81.5 Å². The average molecular weight is 1310 g/mol. The summed E-state index contributed by atoms with van der Waals surface area (Å²) in [6.07, 6.45) is -1.76. The summed E-state index contributed by atoms with van der Waals surface area (Å²) in [7, 11) is -8.04. The number of piperidine rings is 4. The number of nitrogens with one attached hydrogen (secondary N) is 1. The first-order valence-electron chi connectivity index (χ1n) is 29.6. The number of benzene rings is 2. The molecule has 6 saturated heterocycles. The minimum absolute atomic E-state index is 0.0469. The second kappa shape index (κ2) is 30.7.